The van der Waals surface area contributed by atoms with Crippen LogP contribution in [0.5, 0.6) is 11.6 Å². The second-order valence-corrected chi connectivity index (χ2v) is 4.19. The molecule has 0 unspecified atom stereocenters. The molecule has 0 saturated heterocycles. The molecule has 1 heterocycles. The van der Waals surface area contributed by atoms with Crippen LogP contribution in [-0.4, -0.2) is 10.2 Å². The molecule has 0 saturated carbocycles. The summed E-state index contributed by atoms with van der Waals surface area (Å²) in [5.74, 6) is 0.987. The minimum atomic E-state index is 0.429. The Kier molecular flexibility index (Phi) is 3.05. The Balaban J connectivity index is 2.34. The van der Waals surface area contributed by atoms with Gasteiger partial charge in [0, 0.05) is 6.07 Å². The first kappa shape index (κ1) is 10.9. The fourth-order valence-corrected chi connectivity index (χ4v) is 1.69. The minimum absolute atomic E-state index is 0.429. The molecule has 0 aliphatic heterocycles. The van der Waals surface area contributed by atoms with Gasteiger partial charge in [0.15, 0.2) is 5.75 Å². The van der Waals surface area contributed by atoms with Crippen LogP contribution in [0.15, 0.2) is 34.9 Å². The van der Waals surface area contributed by atoms with Gasteiger partial charge in [-0.25, -0.2) is 0 Å². The lowest BCUT2D eigenvalue weighted by Gasteiger charge is -2.08. The lowest BCUT2D eigenvalue weighted by atomic mass is 10.3. The number of ether oxygens (including phenoxy) is 1. The number of nitrogens with zero attached hydrogens (tertiary/aromatic N) is 2. The van der Waals surface area contributed by atoms with Crippen LogP contribution in [-0.2, 0) is 0 Å². The van der Waals surface area contributed by atoms with Crippen molar-refractivity contribution < 1.29 is 4.74 Å². The van der Waals surface area contributed by atoms with Crippen LogP contribution >= 0.6 is 15.9 Å². The molecule has 1 aromatic heterocycles. The summed E-state index contributed by atoms with van der Waals surface area (Å²) < 4.78 is 6.36. The molecule has 0 fully saturated rings. The number of nitrogen functional groups attached to an aromatic ring is 1. The highest BCUT2D eigenvalue weighted by atomic mass is 79.9. The van der Waals surface area contributed by atoms with Gasteiger partial charge in [-0.1, -0.05) is 6.07 Å². The summed E-state index contributed by atoms with van der Waals surface area (Å²) in [6.07, 6.45) is 1.66. The van der Waals surface area contributed by atoms with E-state index in [0.717, 1.165) is 10.0 Å². The molecular weight excluding hydrogens is 270 g/mol. The van der Waals surface area contributed by atoms with Crippen molar-refractivity contribution in [2.45, 2.75) is 6.92 Å². The van der Waals surface area contributed by atoms with Crippen molar-refractivity contribution in [3.05, 3.63) is 40.5 Å². The summed E-state index contributed by atoms with van der Waals surface area (Å²) in [7, 11) is 0. The van der Waals surface area contributed by atoms with Gasteiger partial charge in [0.1, 0.15) is 0 Å². The standard InChI is InChI=1S/C11H10BrN3O/c1-7-5-10(15-14-6-7)16-11-8(12)3-2-4-9(11)13/h2-6H,13H2,1H3. The highest BCUT2D eigenvalue weighted by Gasteiger charge is 2.07. The second kappa shape index (κ2) is 4.49. The van der Waals surface area contributed by atoms with E-state index in [0.29, 0.717) is 17.3 Å². The van der Waals surface area contributed by atoms with E-state index in [2.05, 4.69) is 26.1 Å². The Morgan fingerprint density at radius 2 is 2.19 bits per heavy atom. The fraction of sp³-hybridized carbons (Fsp3) is 0.0909. The van der Waals surface area contributed by atoms with Crippen LogP contribution in [0, 0.1) is 6.92 Å². The van der Waals surface area contributed by atoms with Gasteiger partial charge in [-0.05, 0) is 40.5 Å². The number of rotatable bonds is 2. The number of aromatic nitrogens is 2. The lowest BCUT2D eigenvalue weighted by Crippen LogP contribution is -1.95. The molecule has 4 nitrogen and oxygen atoms in total. The van der Waals surface area contributed by atoms with E-state index in [1.165, 1.54) is 0 Å². The molecule has 0 atom stereocenters. The molecule has 5 heteroatoms. The normalized spacial score (nSPS) is 10.1. The van der Waals surface area contributed by atoms with E-state index >= 15 is 0 Å². The number of halogens is 1. The van der Waals surface area contributed by atoms with E-state index in [4.69, 9.17) is 10.5 Å². The smallest absolute Gasteiger partial charge is 0.239 e. The Morgan fingerprint density at radius 3 is 2.88 bits per heavy atom. The molecule has 82 valence electrons. The summed E-state index contributed by atoms with van der Waals surface area (Å²) in [5, 5.41) is 7.68. The van der Waals surface area contributed by atoms with E-state index in [1.54, 1.807) is 18.3 Å². The Morgan fingerprint density at radius 1 is 1.38 bits per heavy atom. The molecule has 2 rings (SSSR count). The van der Waals surface area contributed by atoms with Gasteiger partial charge < -0.3 is 10.5 Å². The number of hydrogen-bond acceptors (Lipinski definition) is 4. The number of nitrogens with two attached hydrogens (primary N) is 1. The number of para-hydroxylation sites is 1. The first-order valence-corrected chi connectivity index (χ1v) is 5.47. The van der Waals surface area contributed by atoms with Crippen LogP contribution in [0.1, 0.15) is 5.56 Å². The average Bonchev–Trinajstić information content (AvgIpc) is 2.24. The maximum atomic E-state index is 5.80. The highest BCUT2D eigenvalue weighted by molar-refractivity contribution is 9.10. The van der Waals surface area contributed by atoms with Crippen molar-refractivity contribution in [1.29, 1.82) is 0 Å². The predicted octanol–water partition coefficient (Wildman–Crippen LogP) is 2.92. The van der Waals surface area contributed by atoms with Crippen molar-refractivity contribution in [3.8, 4) is 11.6 Å². The van der Waals surface area contributed by atoms with Gasteiger partial charge in [0.25, 0.3) is 0 Å². The predicted molar refractivity (Wildman–Crippen MR) is 65.4 cm³/mol. The molecule has 16 heavy (non-hydrogen) atoms. The topological polar surface area (TPSA) is 61.0 Å². The SMILES string of the molecule is Cc1cnnc(Oc2c(N)cccc2Br)c1. The average molecular weight is 280 g/mol. The van der Waals surface area contributed by atoms with E-state index in [9.17, 15) is 0 Å². The molecule has 1 aromatic carbocycles. The summed E-state index contributed by atoms with van der Waals surface area (Å²) in [5.41, 5.74) is 7.34. The fourth-order valence-electron chi connectivity index (χ4n) is 1.23. The third-order valence-electron chi connectivity index (χ3n) is 1.97. The largest absolute Gasteiger partial charge is 0.434 e. The first-order valence-electron chi connectivity index (χ1n) is 4.68. The monoisotopic (exact) mass is 279 g/mol. The van der Waals surface area contributed by atoms with Crippen molar-refractivity contribution >= 4 is 21.6 Å². The molecular formula is C11H10BrN3O. The zero-order valence-electron chi connectivity index (χ0n) is 8.64. The molecule has 0 amide bonds. The first-order chi connectivity index (χ1) is 7.66. The van der Waals surface area contributed by atoms with Gasteiger partial charge in [-0.15, -0.1) is 5.10 Å². The molecule has 0 bridgehead atoms. The molecule has 2 aromatic rings. The maximum absolute atomic E-state index is 5.80. The van der Waals surface area contributed by atoms with Crippen molar-refractivity contribution in [1.82, 2.24) is 10.2 Å². The molecule has 0 radical (unpaired) electrons. The Labute approximate surface area is 102 Å². The highest BCUT2D eigenvalue weighted by Crippen LogP contribution is 2.33. The van der Waals surface area contributed by atoms with Crippen LogP contribution in [0.3, 0.4) is 0 Å². The van der Waals surface area contributed by atoms with Crippen LogP contribution in [0.2, 0.25) is 0 Å². The maximum Gasteiger partial charge on any atom is 0.239 e. The van der Waals surface area contributed by atoms with Crippen molar-refractivity contribution in [2.75, 3.05) is 5.73 Å². The van der Waals surface area contributed by atoms with Crippen LogP contribution < -0.4 is 10.5 Å². The Bertz CT molecular complexity index is 496. The van der Waals surface area contributed by atoms with Crippen LogP contribution in [0.4, 0.5) is 5.69 Å². The van der Waals surface area contributed by atoms with Crippen molar-refractivity contribution in [2.24, 2.45) is 0 Å². The summed E-state index contributed by atoms with van der Waals surface area (Å²) >= 11 is 3.37. The van der Waals surface area contributed by atoms with E-state index in [1.807, 2.05) is 19.1 Å². The molecule has 2 N–H and O–H groups in total. The summed E-state index contributed by atoms with van der Waals surface area (Å²) in [6.45, 7) is 1.92. The van der Waals surface area contributed by atoms with Gasteiger partial charge in [-0.3, -0.25) is 0 Å². The number of anilines is 1. The molecule has 0 spiro atoms. The zero-order valence-corrected chi connectivity index (χ0v) is 10.2. The third kappa shape index (κ3) is 2.30. The number of hydrogen-bond donors (Lipinski definition) is 1. The van der Waals surface area contributed by atoms with Gasteiger partial charge >= 0.3 is 0 Å². The van der Waals surface area contributed by atoms with Gasteiger partial charge in [0.05, 0.1) is 16.4 Å². The second-order valence-electron chi connectivity index (χ2n) is 3.33. The summed E-state index contributed by atoms with van der Waals surface area (Å²) in [4.78, 5) is 0. The number of aryl methyl sites for hydroxylation is 1. The molecule has 0 aliphatic rings. The van der Waals surface area contributed by atoms with E-state index in [-0.39, 0.29) is 0 Å². The van der Waals surface area contributed by atoms with Crippen LogP contribution in [0.25, 0.3) is 0 Å². The van der Waals surface area contributed by atoms with E-state index < -0.39 is 0 Å². The Hall–Kier alpha value is -1.62. The minimum Gasteiger partial charge on any atom is -0.434 e. The lowest BCUT2D eigenvalue weighted by molar-refractivity contribution is 0.454. The molecule has 0 aliphatic carbocycles. The van der Waals surface area contributed by atoms with Crippen molar-refractivity contribution in [3.63, 3.8) is 0 Å². The van der Waals surface area contributed by atoms with Gasteiger partial charge in [-0.2, -0.15) is 5.10 Å². The van der Waals surface area contributed by atoms with Gasteiger partial charge in [0.2, 0.25) is 5.88 Å². The quantitative estimate of drug-likeness (QED) is 0.859. The summed E-state index contributed by atoms with van der Waals surface area (Å²) in [6, 6.07) is 7.26. The third-order valence-corrected chi connectivity index (χ3v) is 2.60. The number of benzene rings is 1. The zero-order chi connectivity index (χ0) is 11.5.